The molecule has 1 aliphatic heterocycles. The van der Waals surface area contributed by atoms with Crippen LogP contribution in [0.25, 0.3) is 0 Å². The number of nitrogens with two attached hydrogens (primary N) is 1. The van der Waals surface area contributed by atoms with Crippen molar-refractivity contribution in [3.05, 3.63) is 23.8 Å². The smallest absolute Gasteiger partial charge is 0.125 e. The Morgan fingerprint density at radius 3 is 3.15 bits per heavy atom. The van der Waals surface area contributed by atoms with Crippen molar-refractivity contribution in [3.63, 3.8) is 0 Å². The van der Waals surface area contributed by atoms with Crippen molar-refractivity contribution < 1.29 is 4.74 Å². The van der Waals surface area contributed by atoms with E-state index in [9.17, 15) is 0 Å². The van der Waals surface area contributed by atoms with Crippen molar-refractivity contribution in [1.29, 1.82) is 0 Å². The summed E-state index contributed by atoms with van der Waals surface area (Å²) in [6.45, 7) is 0.727. The van der Waals surface area contributed by atoms with Crippen LogP contribution in [-0.2, 0) is 0 Å². The number of ether oxygens (including phenoxy) is 1. The van der Waals surface area contributed by atoms with Gasteiger partial charge in [-0.05, 0) is 37.1 Å². The fourth-order valence-corrected chi connectivity index (χ4v) is 2.32. The minimum atomic E-state index is 0.137. The van der Waals surface area contributed by atoms with E-state index < -0.39 is 0 Å². The van der Waals surface area contributed by atoms with E-state index in [4.69, 9.17) is 10.5 Å². The minimum absolute atomic E-state index is 0.137. The molecule has 70 valence electrons. The van der Waals surface area contributed by atoms with E-state index in [2.05, 4.69) is 14.8 Å². The van der Waals surface area contributed by atoms with Crippen molar-refractivity contribution in [2.24, 2.45) is 5.73 Å². The van der Waals surface area contributed by atoms with Gasteiger partial charge in [-0.25, -0.2) is 0 Å². The number of rotatable bonds is 1. The molecule has 2 nitrogen and oxygen atoms in total. The van der Waals surface area contributed by atoms with Gasteiger partial charge in [0.1, 0.15) is 5.75 Å². The summed E-state index contributed by atoms with van der Waals surface area (Å²) < 4.78 is 5.52. The third-order valence-electron chi connectivity index (χ3n) is 2.16. The van der Waals surface area contributed by atoms with Crippen LogP contribution in [0, 0.1) is 0 Å². The standard InChI is InChI=1S/C9H10BrNOS/c10-13-6-1-2-7-8(11)3-4-12-9(7)5-6/h1-2,5,8H,3-4,11H2. The summed E-state index contributed by atoms with van der Waals surface area (Å²) >= 11 is 3.33. The van der Waals surface area contributed by atoms with Crippen molar-refractivity contribution in [1.82, 2.24) is 0 Å². The first-order chi connectivity index (χ1) is 6.31. The van der Waals surface area contributed by atoms with Crippen molar-refractivity contribution in [2.45, 2.75) is 17.4 Å². The molecule has 0 saturated heterocycles. The second-order valence-electron chi connectivity index (χ2n) is 3.02. The van der Waals surface area contributed by atoms with Crippen LogP contribution in [0.5, 0.6) is 5.75 Å². The summed E-state index contributed by atoms with van der Waals surface area (Å²) in [5.74, 6) is 0.934. The van der Waals surface area contributed by atoms with E-state index >= 15 is 0 Å². The molecular weight excluding hydrogens is 250 g/mol. The molecule has 0 aliphatic carbocycles. The van der Waals surface area contributed by atoms with Crippen LogP contribution in [0.2, 0.25) is 0 Å². The predicted octanol–water partition coefficient (Wildman–Crippen LogP) is 2.87. The van der Waals surface area contributed by atoms with Gasteiger partial charge < -0.3 is 10.5 Å². The van der Waals surface area contributed by atoms with Crippen LogP contribution in [0.3, 0.4) is 0 Å². The molecule has 13 heavy (non-hydrogen) atoms. The molecule has 1 heterocycles. The van der Waals surface area contributed by atoms with E-state index in [0.717, 1.165) is 29.2 Å². The molecule has 0 bridgehead atoms. The molecule has 4 heteroatoms. The van der Waals surface area contributed by atoms with Gasteiger partial charge in [-0.1, -0.05) is 6.07 Å². The number of halogens is 1. The quantitative estimate of drug-likeness (QED) is 0.843. The molecule has 1 atom stereocenters. The van der Waals surface area contributed by atoms with Crippen LogP contribution in [0.15, 0.2) is 23.1 Å². The van der Waals surface area contributed by atoms with Crippen LogP contribution >= 0.6 is 25.0 Å². The second-order valence-corrected chi connectivity index (χ2v) is 4.62. The lowest BCUT2D eigenvalue weighted by Crippen LogP contribution is -2.20. The number of fused-ring (bicyclic) bond motifs is 1. The summed E-state index contributed by atoms with van der Waals surface area (Å²) in [4.78, 5) is 1.15. The van der Waals surface area contributed by atoms with Gasteiger partial charge in [0.25, 0.3) is 0 Å². The molecule has 0 aromatic heterocycles. The average molecular weight is 260 g/mol. The van der Waals surface area contributed by atoms with Crippen molar-refractivity contribution in [2.75, 3.05) is 6.61 Å². The fraction of sp³-hybridized carbons (Fsp3) is 0.333. The summed E-state index contributed by atoms with van der Waals surface area (Å²) in [5, 5.41) is 0. The Bertz CT molecular complexity index is 318. The molecule has 0 amide bonds. The van der Waals surface area contributed by atoms with E-state index in [1.54, 1.807) is 0 Å². The predicted molar refractivity (Wildman–Crippen MR) is 58.3 cm³/mol. The second kappa shape index (κ2) is 3.90. The van der Waals surface area contributed by atoms with Crippen molar-refractivity contribution >= 4 is 25.0 Å². The molecule has 0 radical (unpaired) electrons. The topological polar surface area (TPSA) is 35.2 Å². The van der Waals surface area contributed by atoms with Gasteiger partial charge in [0, 0.05) is 22.9 Å². The van der Waals surface area contributed by atoms with Gasteiger partial charge in [-0.15, -0.1) is 0 Å². The molecular formula is C9H10BrNOS. The zero-order chi connectivity index (χ0) is 9.26. The Kier molecular flexibility index (Phi) is 2.81. The average Bonchev–Trinajstić information content (AvgIpc) is 2.18. The first-order valence-electron chi connectivity index (χ1n) is 4.12. The maximum Gasteiger partial charge on any atom is 0.125 e. The van der Waals surface area contributed by atoms with Crippen LogP contribution in [0.4, 0.5) is 0 Å². The highest BCUT2D eigenvalue weighted by Crippen LogP contribution is 2.35. The SMILES string of the molecule is NC1CCOc2cc(SBr)ccc21. The van der Waals surface area contributed by atoms with E-state index in [1.165, 1.54) is 10.2 Å². The number of hydrogen-bond donors (Lipinski definition) is 1. The Hall–Kier alpha value is -0.190. The highest BCUT2D eigenvalue weighted by molar-refractivity contribution is 9.50. The van der Waals surface area contributed by atoms with E-state index in [1.807, 2.05) is 18.2 Å². The van der Waals surface area contributed by atoms with Gasteiger partial charge in [-0.2, -0.15) is 0 Å². The zero-order valence-electron chi connectivity index (χ0n) is 7.00. The highest BCUT2D eigenvalue weighted by Gasteiger charge is 2.17. The lowest BCUT2D eigenvalue weighted by atomic mass is 10.0. The lowest BCUT2D eigenvalue weighted by Gasteiger charge is -2.22. The summed E-state index contributed by atoms with van der Waals surface area (Å²) in [6.07, 6.45) is 0.911. The molecule has 0 spiro atoms. The normalized spacial score (nSPS) is 20.6. The minimum Gasteiger partial charge on any atom is -0.493 e. The molecule has 1 aliphatic rings. The lowest BCUT2D eigenvalue weighted by molar-refractivity contribution is 0.268. The van der Waals surface area contributed by atoms with Crippen LogP contribution in [0.1, 0.15) is 18.0 Å². The van der Waals surface area contributed by atoms with Gasteiger partial charge in [0.2, 0.25) is 0 Å². The zero-order valence-corrected chi connectivity index (χ0v) is 9.40. The first-order valence-corrected chi connectivity index (χ1v) is 6.78. The molecule has 1 unspecified atom stereocenters. The summed E-state index contributed by atoms with van der Waals surface area (Å²) in [6, 6.07) is 6.25. The number of hydrogen-bond acceptors (Lipinski definition) is 3. The molecule has 0 saturated carbocycles. The maximum absolute atomic E-state index is 5.94. The third-order valence-corrected chi connectivity index (χ3v) is 3.71. The Morgan fingerprint density at radius 1 is 1.54 bits per heavy atom. The molecule has 2 N–H and O–H groups in total. The maximum atomic E-state index is 5.94. The van der Waals surface area contributed by atoms with Gasteiger partial charge in [-0.3, -0.25) is 0 Å². The van der Waals surface area contributed by atoms with E-state index in [-0.39, 0.29) is 6.04 Å². The summed E-state index contributed by atoms with van der Waals surface area (Å²) in [5.41, 5.74) is 7.06. The molecule has 2 rings (SSSR count). The van der Waals surface area contributed by atoms with Gasteiger partial charge >= 0.3 is 0 Å². The summed E-state index contributed by atoms with van der Waals surface area (Å²) in [7, 11) is 1.53. The first kappa shape index (κ1) is 9.37. The Balaban J connectivity index is 2.39. The molecule has 0 fully saturated rings. The highest BCUT2D eigenvalue weighted by atomic mass is 79.9. The van der Waals surface area contributed by atoms with Crippen LogP contribution in [-0.4, -0.2) is 6.61 Å². The Morgan fingerprint density at radius 2 is 2.38 bits per heavy atom. The molecule has 1 aromatic carbocycles. The largest absolute Gasteiger partial charge is 0.493 e. The third kappa shape index (κ3) is 1.85. The fourth-order valence-electron chi connectivity index (χ4n) is 1.45. The monoisotopic (exact) mass is 259 g/mol. The Labute approximate surface area is 89.0 Å². The molecule has 1 aromatic rings. The van der Waals surface area contributed by atoms with Crippen LogP contribution < -0.4 is 10.5 Å². The van der Waals surface area contributed by atoms with Crippen molar-refractivity contribution in [3.8, 4) is 5.75 Å². The van der Waals surface area contributed by atoms with E-state index in [0.29, 0.717) is 0 Å². The van der Waals surface area contributed by atoms with Gasteiger partial charge in [0.15, 0.2) is 0 Å². The van der Waals surface area contributed by atoms with Gasteiger partial charge in [0.05, 0.1) is 6.61 Å². The number of benzene rings is 1.